The molecule has 0 aromatic carbocycles. The minimum Gasteiger partial charge on any atom is -0.481 e. The molecule has 4 nitrogen and oxygen atoms in total. The average Bonchev–Trinajstić information content (AvgIpc) is 3.04. The van der Waals surface area contributed by atoms with E-state index in [2.05, 4.69) is 50.3 Å². The first kappa shape index (κ1) is 44.2. The van der Waals surface area contributed by atoms with E-state index in [4.69, 9.17) is 9.84 Å². The number of carboxylic acids is 1. The van der Waals surface area contributed by atoms with E-state index in [0.29, 0.717) is 12.8 Å². The van der Waals surface area contributed by atoms with E-state index in [-0.39, 0.29) is 12.1 Å². The van der Waals surface area contributed by atoms with Crippen LogP contribution < -0.4 is 0 Å². The third-order valence-corrected chi connectivity index (χ3v) is 8.95. The Morgan fingerprint density at radius 3 is 1.35 bits per heavy atom. The molecule has 4 heteroatoms. The van der Waals surface area contributed by atoms with Crippen molar-refractivity contribution in [2.75, 3.05) is 0 Å². The molecule has 0 radical (unpaired) electrons. The van der Waals surface area contributed by atoms with Gasteiger partial charge < -0.3 is 9.84 Å². The van der Waals surface area contributed by atoms with Gasteiger partial charge in [0.15, 0.2) is 0 Å². The molecule has 1 unspecified atom stereocenters. The Bertz CT molecular complexity index is 738. The van der Waals surface area contributed by atoms with Crippen molar-refractivity contribution >= 4 is 11.9 Å². The Morgan fingerprint density at radius 1 is 0.500 bits per heavy atom. The van der Waals surface area contributed by atoms with Gasteiger partial charge in [0, 0.05) is 12.8 Å². The highest BCUT2D eigenvalue weighted by atomic mass is 16.5. The minimum atomic E-state index is -0.667. The highest BCUT2D eigenvalue weighted by Crippen LogP contribution is 2.17. The first-order valence-corrected chi connectivity index (χ1v) is 20.0. The number of carbonyl (C=O) groups excluding carboxylic acids is 1. The largest absolute Gasteiger partial charge is 0.481 e. The lowest BCUT2D eigenvalue weighted by Crippen LogP contribution is -2.17. The zero-order valence-corrected chi connectivity index (χ0v) is 30.6. The molecule has 1 N–H and O–H groups in total. The summed E-state index contributed by atoms with van der Waals surface area (Å²) in [5.74, 6) is -0.654. The van der Waals surface area contributed by atoms with Gasteiger partial charge in [0.2, 0.25) is 0 Å². The van der Waals surface area contributed by atoms with Crippen molar-refractivity contribution in [3.8, 4) is 0 Å². The molecular weight excluding hydrogens is 568 g/mol. The zero-order chi connectivity index (χ0) is 33.6. The van der Waals surface area contributed by atoms with Crippen molar-refractivity contribution in [2.45, 2.75) is 219 Å². The van der Waals surface area contributed by atoms with Crippen molar-refractivity contribution in [1.29, 1.82) is 0 Å². The maximum atomic E-state index is 12.3. The SMILES string of the molecule is CC/C=C\C/C=C\C/C=C\CCCCCCCCCCCC(=O)OC(CC)CCCCCCCCCCCCCCCCC(=O)O. The van der Waals surface area contributed by atoms with E-state index in [0.717, 1.165) is 57.8 Å². The Labute approximate surface area is 286 Å². The molecule has 0 aromatic rings. The standard InChI is InChI=1S/C42H76O4/c1-3-5-6-7-8-9-10-11-12-13-14-15-16-21-24-27-30-33-36-39-42(45)46-40(4-2)37-34-31-28-25-22-19-17-18-20-23-26-29-32-35-38-41(43)44/h5-6,8-9,11-12,40H,3-4,7,10,13-39H2,1-2H3,(H,43,44)/b6-5-,9-8-,12-11-. The Balaban J connectivity index is 3.44. The topological polar surface area (TPSA) is 63.6 Å². The van der Waals surface area contributed by atoms with Crippen LogP contribution in [-0.2, 0) is 14.3 Å². The number of carboxylic acid groups (broad SMARTS) is 1. The molecule has 0 rings (SSSR count). The number of ether oxygens (including phenoxy) is 1. The van der Waals surface area contributed by atoms with Crippen molar-refractivity contribution < 1.29 is 19.4 Å². The lowest BCUT2D eigenvalue weighted by atomic mass is 10.0. The van der Waals surface area contributed by atoms with E-state index >= 15 is 0 Å². The van der Waals surface area contributed by atoms with Crippen LogP contribution in [0.3, 0.4) is 0 Å². The summed E-state index contributed by atoms with van der Waals surface area (Å²) in [6.07, 6.45) is 49.7. The Morgan fingerprint density at radius 2 is 0.891 bits per heavy atom. The zero-order valence-electron chi connectivity index (χ0n) is 30.6. The number of hydrogen-bond acceptors (Lipinski definition) is 3. The molecule has 0 saturated heterocycles. The van der Waals surface area contributed by atoms with Crippen LogP contribution in [0.25, 0.3) is 0 Å². The average molecular weight is 645 g/mol. The summed E-state index contributed by atoms with van der Waals surface area (Å²) in [4.78, 5) is 22.8. The van der Waals surface area contributed by atoms with Gasteiger partial charge in [-0.1, -0.05) is 172 Å². The third-order valence-electron chi connectivity index (χ3n) is 8.95. The molecule has 0 spiro atoms. The summed E-state index contributed by atoms with van der Waals surface area (Å²) >= 11 is 0. The van der Waals surface area contributed by atoms with Crippen LogP contribution in [0.15, 0.2) is 36.5 Å². The number of esters is 1. The van der Waals surface area contributed by atoms with Gasteiger partial charge in [-0.3, -0.25) is 9.59 Å². The van der Waals surface area contributed by atoms with E-state index in [1.165, 1.54) is 128 Å². The van der Waals surface area contributed by atoms with Crippen molar-refractivity contribution in [3.63, 3.8) is 0 Å². The van der Waals surface area contributed by atoms with Crippen LogP contribution in [0.4, 0.5) is 0 Å². The third kappa shape index (κ3) is 36.6. The molecule has 0 bridgehead atoms. The second-order valence-electron chi connectivity index (χ2n) is 13.4. The predicted octanol–water partition coefficient (Wildman–Crippen LogP) is 13.8. The summed E-state index contributed by atoms with van der Waals surface area (Å²) in [6, 6.07) is 0. The van der Waals surface area contributed by atoms with Gasteiger partial charge >= 0.3 is 11.9 Å². The Kier molecular flexibility index (Phi) is 36.1. The van der Waals surface area contributed by atoms with Crippen LogP contribution in [0.5, 0.6) is 0 Å². The summed E-state index contributed by atoms with van der Waals surface area (Å²) in [6.45, 7) is 4.31. The van der Waals surface area contributed by atoms with Gasteiger partial charge in [0.1, 0.15) is 6.10 Å². The van der Waals surface area contributed by atoms with E-state index in [1.54, 1.807) is 0 Å². The molecule has 0 aliphatic rings. The molecule has 0 aliphatic carbocycles. The van der Waals surface area contributed by atoms with Gasteiger partial charge in [-0.05, 0) is 64.2 Å². The van der Waals surface area contributed by atoms with Crippen molar-refractivity contribution in [2.24, 2.45) is 0 Å². The summed E-state index contributed by atoms with van der Waals surface area (Å²) in [5, 5.41) is 8.65. The number of carbonyl (C=O) groups is 2. The molecule has 0 heterocycles. The summed E-state index contributed by atoms with van der Waals surface area (Å²) in [5.41, 5.74) is 0. The number of rotatable bonds is 36. The maximum Gasteiger partial charge on any atom is 0.306 e. The van der Waals surface area contributed by atoms with Crippen LogP contribution in [-0.4, -0.2) is 23.1 Å². The highest BCUT2D eigenvalue weighted by molar-refractivity contribution is 5.69. The van der Waals surface area contributed by atoms with Crippen LogP contribution in [0.2, 0.25) is 0 Å². The number of allylic oxidation sites excluding steroid dienone is 6. The molecule has 0 aromatic heterocycles. The lowest BCUT2D eigenvalue weighted by Gasteiger charge is -2.16. The fourth-order valence-electron chi connectivity index (χ4n) is 5.96. The molecule has 268 valence electrons. The van der Waals surface area contributed by atoms with Gasteiger partial charge in [-0.2, -0.15) is 0 Å². The second kappa shape index (κ2) is 37.6. The quantitative estimate of drug-likeness (QED) is 0.0419. The first-order chi connectivity index (χ1) is 22.6. The smallest absolute Gasteiger partial charge is 0.306 e. The van der Waals surface area contributed by atoms with Crippen LogP contribution in [0.1, 0.15) is 213 Å². The lowest BCUT2D eigenvalue weighted by molar-refractivity contribution is -0.149. The van der Waals surface area contributed by atoms with Gasteiger partial charge in [-0.25, -0.2) is 0 Å². The summed E-state index contributed by atoms with van der Waals surface area (Å²) < 4.78 is 5.79. The van der Waals surface area contributed by atoms with Crippen molar-refractivity contribution in [3.05, 3.63) is 36.5 Å². The first-order valence-electron chi connectivity index (χ1n) is 20.0. The van der Waals surface area contributed by atoms with E-state index in [1.807, 2.05) is 0 Å². The Hall–Kier alpha value is -1.84. The molecule has 0 saturated carbocycles. The van der Waals surface area contributed by atoms with E-state index in [9.17, 15) is 9.59 Å². The van der Waals surface area contributed by atoms with Gasteiger partial charge in [0.05, 0.1) is 0 Å². The monoisotopic (exact) mass is 645 g/mol. The molecular formula is C42H76O4. The number of hydrogen-bond donors (Lipinski definition) is 1. The minimum absolute atomic E-state index is 0.0132. The van der Waals surface area contributed by atoms with Crippen molar-refractivity contribution in [1.82, 2.24) is 0 Å². The molecule has 0 fully saturated rings. The summed E-state index contributed by atoms with van der Waals surface area (Å²) in [7, 11) is 0. The number of aliphatic carboxylic acids is 1. The molecule has 46 heavy (non-hydrogen) atoms. The van der Waals surface area contributed by atoms with Crippen LogP contribution >= 0.6 is 0 Å². The predicted molar refractivity (Wildman–Crippen MR) is 199 cm³/mol. The fraction of sp³-hybridized carbons (Fsp3) is 0.810. The number of unbranched alkanes of at least 4 members (excludes halogenated alkanes) is 22. The van der Waals surface area contributed by atoms with Crippen LogP contribution in [0, 0.1) is 0 Å². The normalized spacial score (nSPS) is 12.6. The van der Waals surface area contributed by atoms with Gasteiger partial charge in [-0.15, -0.1) is 0 Å². The van der Waals surface area contributed by atoms with Gasteiger partial charge in [0.25, 0.3) is 0 Å². The van der Waals surface area contributed by atoms with E-state index < -0.39 is 5.97 Å². The molecule has 0 amide bonds. The fourth-order valence-corrected chi connectivity index (χ4v) is 5.96. The maximum absolute atomic E-state index is 12.3. The molecule has 1 atom stereocenters. The highest BCUT2D eigenvalue weighted by Gasteiger charge is 2.12. The second-order valence-corrected chi connectivity index (χ2v) is 13.4. The molecule has 0 aliphatic heterocycles.